The molecule has 2 N–H and O–H groups in total. The molecule has 14 heavy (non-hydrogen) atoms. The number of anilines is 1. The van der Waals surface area contributed by atoms with Gasteiger partial charge in [0.2, 0.25) is 0 Å². The number of rotatable bonds is 1. The second-order valence-corrected chi connectivity index (χ2v) is 2.93. The van der Waals surface area contributed by atoms with Crippen molar-refractivity contribution in [2.75, 3.05) is 26.4 Å². The summed E-state index contributed by atoms with van der Waals surface area (Å²) in [6.07, 6.45) is 1.56. The van der Waals surface area contributed by atoms with Gasteiger partial charge in [-0.3, -0.25) is 4.90 Å². The van der Waals surface area contributed by atoms with Gasteiger partial charge < -0.3 is 10.7 Å². The Morgan fingerprint density at radius 1 is 1.57 bits per heavy atom. The van der Waals surface area contributed by atoms with Crippen LogP contribution in [0.15, 0.2) is 12.3 Å². The maximum atomic E-state index is 5.43. The quantitative estimate of drug-likeness (QED) is 0.588. The van der Waals surface area contributed by atoms with E-state index in [1.54, 1.807) is 12.3 Å². The molecule has 0 unspecified atom stereocenters. The summed E-state index contributed by atoms with van der Waals surface area (Å²) in [5, 5.41) is 0. The van der Waals surface area contributed by atoms with Crippen LogP contribution in [0, 0.1) is 17.9 Å². The molecule has 0 fully saturated rings. The van der Waals surface area contributed by atoms with E-state index in [1.807, 2.05) is 19.0 Å². The Kier molecular flexibility index (Phi) is 6.73. The van der Waals surface area contributed by atoms with Crippen LogP contribution in [0.1, 0.15) is 5.69 Å². The third-order valence-corrected chi connectivity index (χ3v) is 1.33. The van der Waals surface area contributed by atoms with Crippen molar-refractivity contribution >= 4 is 5.69 Å². The summed E-state index contributed by atoms with van der Waals surface area (Å²) in [6.45, 7) is 0.728. The molecule has 0 aliphatic rings. The van der Waals surface area contributed by atoms with Crippen LogP contribution < -0.4 is 5.73 Å². The normalized spacial score (nSPS) is 8.79. The molecule has 0 saturated carbocycles. The molecule has 1 rings (SSSR count). The summed E-state index contributed by atoms with van der Waals surface area (Å²) < 4.78 is 0. The predicted octanol–water partition coefficient (Wildman–Crippen LogP) is 0.375. The first-order chi connectivity index (χ1) is 6.18. The third kappa shape index (κ3) is 5.34. The second kappa shape index (κ2) is 6.94. The topological polar surface area (TPSA) is 42.1 Å². The Hall–Kier alpha value is -0.426. The zero-order chi connectivity index (χ0) is 9.68. The molecule has 1 aromatic heterocycles. The van der Waals surface area contributed by atoms with Gasteiger partial charge in [-0.15, -0.1) is 12.0 Å². The van der Waals surface area contributed by atoms with Gasteiger partial charge in [0, 0.05) is 32.7 Å². The molecule has 0 aromatic carbocycles. The van der Waals surface area contributed by atoms with E-state index < -0.39 is 0 Å². The van der Waals surface area contributed by atoms with E-state index in [2.05, 4.69) is 22.9 Å². The fourth-order valence-corrected chi connectivity index (χ4v) is 0.722. The number of aromatic nitrogens is 1. The van der Waals surface area contributed by atoms with Gasteiger partial charge in [-0.1, -0.05) is 17.8 Å². The molecular weight excluding hydrogens is 251 g/mol. The molecule has 0 spiro atoms. The van der Waals surface area contributed by atoms with Crippen LogP contribution in [0.4, 0.5) is 5.69 Å². The number of nitrogens with zero attached hydrogens (tertiary/aromatic N) is 2. The molecule has 0 saturated heterocycles. The van der Waals surface area contributed by atoms with E-state index in [-0.39, 0.29) is 32.7 Å². The maximum absolute atomic E-state index is 5.43. The van der Waals surface area contributed by atoms with Gasteiger partial charge in [-0.25, -0.2) is 0 Å². The van der Waals surface area contributed by atoms with Crippen molar-refractivity contribution in [3.8, 4) is 11.8 Å². The van der Waals surface area contributed by atoms with Crippen molar-refractivity contribution in [1.82, 2.24) is 9.88 Å². The molecule has 1 radical (unpaired) electrons. The Bertz CT molecular complexity index is 321. The number of hydrogen-bond acceptors (Lipinski definition) is 3. The first-order valence-electron chi connectivity index (χ1n) is 3.95. The van der Waals surface area contributed by atoms with Crippen molar-refractivity contribution in [3.63, 3.8) is 0 Å². The van der Waals surface area contributed by atoms with Crippen LogP contribution in [0.2, 0.25) is 0 Å². The van der Waals surface area contributed by atoms with Gasteiger partial charge >= 0.3 is 0 Å². The molecule has 4 heteroatoms. The number of hydrogen-bond donors (Lipinski definition) is 1. The maximum Gasteiger partial charge on any atom is 0.0589 e. The molecule has 0 aliphatic carbocycles. The fourth-order valence-electron chi connectivity index (χ4n) is 0.722. The summed E-state index contributed by atoms with van der Waals surface area (Å²) in [4.78, 5) is 6.02. The van der Waals surface area contributed by atoms with Gasteiger partial charge in [0.1, 0.15) is 0 Å². The molecule has 0 aliphatic heterocycles. The monoisotopic (exact) mass is 263 g/mol. The van der Waals surface area contributed by atoms with E-state index in [9.17, 15) is 0 Å². The summed E-state index contributed by atoms with van der Waals surface area (Å²) in [6, 6.07) is 4.53. The van der Waals surface area contributed by atoms with Crippen LogP contribution in [-0.4, -0.2) is 30.5 Å². The molecule has 1 aromatic rings. The average Bonchev–Trinajstić information content (AvgIpc) is 2.08. The summed E-state index contributed by atoms with van der Waals surface area (Å²) in [5.74, 6) is 5.89. The van der Waals surface area contributed by atoms with Crippen LogP contribution in [-0.2, 0) is 32.7 Å². The fraction of sp³-hybridized carbons (Fsp3) is 0.300. The number of nitrogen functional groups attached to an aromatic ring is 1. The van der Waals surface area contributed by atoms with E-state index >= 15 is 0 Å². The average molecular weight is 263 g/mol. The van der Waals surface area contributed by atoms with Crippen molar-refractivity contribution in [1.29, 1.82) is 0 Å². The van der Waals surface area contributed by atoms with Crippen molar-refractivity contribution in [2.24, 2.45) is 0 Å². The molecular formula is C10H12N3Y-. The largest absolute Gasteiger partial charge is 0.418 e. The molecule has 0 bridgehead atoms. The molecule has 71 valence electrons. The van der Waals surface area contributed by atoms with Gasteiger partial charge in [0.25, 0.3) is 0 Å². The predicted molar refractivity (Wildman–Crippen MR) is 52.9 cm³/mol. The van der Waals surface area contributed by atoms with Crippen LogP contribution in [0.5, 0.6) is 0 Å². The van der Waals surface area contributed by atoms with Crippen molar-refractivity contribution in [2.45, 2.75) is 0 Å². The van der Waals surface area contributed by atoms with E-state index in [0.717, 1.165) is 6.54 Å². The first kappa shape index (κ1) is 13.6. The zero-order valence-electron chi connectivity index (χ0n) is 8.41. The summed E-state index contributed by atoms with van der Waals surface area (Å²) in [5.41, 5.74) is 6.67. The zero-order valence-corrected chi connectivity index (χ0v) is 11.2. The van der Waals surface area contributed by atoms with Crippen LogP contribution in [0.25, 0.3) is 0 Å². The van der Waals surface area contributed by atoms with Crippen molar-refractivity contribution in [3.05, 3.63) is 24.0 Å². The van der Waals surface area contributed by atoms with Gasteiger partial charge in [0.05, 0.1) is 6.54 Å². The number of nitrogens with two attached hydrogens (primary N) is 1. The van der Waals surface area contributed by atoms with E-state index in [1.165, 1.54) is 0 Å². The molecule has 0 atom stereocenters. The van der Waals surface area contributed by atoms with E-state index in [0.29, 0.717) is 11.4 Å². The van der Waals surface area contributed by atoms with Crippen LogP contribution in [0.3, 0.4) is 0 Å². The van der Waals surface area contributed by atoms with E-state index in [4.69, 9.17) is 5.73 Å². The van der Waals surface area contributed by atoms with Crippen LogP contribution >= 0.6 is 0 Å². The Morgan fingerprint density at radius 3 is 2.79 bits per heavy atom. The van der Waals surface area contributed by atoms with Gasteiger partial charge in [-0.2, -0.15) is 6.07 Å². The Labute approximate surface area is 110 Å². The first-order valence-corrected chi connectivity index (χ1v) is 3.95. The molecule has 3 nitrogen and oxygen atoms in total. The number of pyridine rings is 1. The smallest absolute Gasteiger partial charge is 0.0589 e. The van der Waals surface area contributed by atoms with Crippen molar-refractivity contribution < 1.29 is 32.7 Å². The van der Waals surface area contributed by atoms with Gasteiger partial charge in [-0.05, 0) is 19.8 Å². The standard InChI is InChI=1S/C10H12N3.Y/c1-13(2)7-3-4-10-6-5-9(11)8-12-10;/h6,8H,7,11H2,1-2H3;/q-1;. The minimum Gasteiger partial charge on any atom is -0.418 e. The second-order valence-electron chi connectivity index (χ2n) is 2.93. The molecule has 0 amide bonds. The minimum absolute atomic E-state index is 0. The molecule has 1 heterocycles. The SMILES string of the molecule is CN(C)CC#Cc1c[c-]c(N)cn1.[Y]. The summed E-state index contributed by atoms with van der Waals surface area (Å²) in [7, 11) is 3.94. The minimum atomic E-state index is 0. The van der Waals surface area contributed by atoms with Gasteiger partial charge in [0.15, 0.2) is 0 Å². The Morgan fingerprint density at radius 2 is 2.29 bits per heavy atom. The Balaban J connectivity index is 0.00000169. The third-order valence-electron chi connectivity index (χ3n) is 1.33. The summed E-state index contributed by atoms with van der Waals surface area (Å²) >= 11 is 0.